The molecule has 1 fully saturated rings. The number of halogens is 1. The van der Waals surface area contributed by atoms with Crippen LogP contribution in [0.1, 0.15) is 30.4 Å². The molecule has 1 saturated carbocycles. The number of allylic oxidation sites excluding steroid dienone is 1. The summed E-state index contributed by atoms with van der Waals surface area (Å²) >= 11 is 7.82. The van der Waals surface area contributed by atoms with Crippen molar-refractivity contribution in [2.75, 3.05) is 6.54 Å². The predicted octanol–water partition coefficient (Wildman–Crippen LogP) is 4.73. The van der Waals surface area contributed by atoms with Crippen LogP contribution < -0.4 is 10.6 Å². The predicted molar refractivity (Wildman–Crippen MR) is 116 cm³/mol. The van der Waals surface area contributed by atoms with Gasteiger partial charge in [0.1, 0.15) is 0 Å². The summed E-state index contributed by atoms with van der Waals surface area (Å²) in [7, 11) is 0. The van der Waals surface area contributed by atoms with Crippen molar-refractivity contribution in [1.82, 2.24) is 10.6 Å². The number of hydrogen-bond acceptors (Lipinski definition) is 1. The van der Waals surface area contributed by atoms with Crippen molar-refractivity contribution in [3.8, 4) is 0 Å². The molecule has 126 valence electrons. The average molecular weight is 450 g/mol. The van der Waals surface area contributed by atoms with Crippen molar-refractivity contribution < 1.29 is 0 Å². The van der Waals surface area contributed by atoms with Crippen LogP contribution in [0.25, 0.3) is 10.8 Å². The summed E-state index contributed by atoms with van der Waals surface area (Å²) in [5.74, 6) is 0. The van der Waals surface area contributed by atoms with Gasteiger partial charge < -0.3 is 10.6 Å². The van der Waals surface area contributed by atoms with Crippen molar-refractivity contribution in [3.63, 3.8) is 0 Å². The minimum atomic E-state index is 0.586. The van der Waals surface area contributed by atoms with E-state index in [2.05, 4.69) is 70.1 Å². The second-order valence-corrected chi connectivity index (χ2v) is 7.88. The van der Waals surface area contributed by atoms with E-state index in [9.17, 15) is 0 Å². The SMILES string of the molecule is C=CCc1c(I)ccc2cccc(CCNC(=S)NC3CCC3)c12. The lowest BCUT2D eigenvalue weighted by molar-refractivity contribution is 0.382. The van der Waals surface area contributed by atoms with Gasteiger partial charge in [-0.25, -0.2) is 0 Å². The zero-order valence-electron chi connectivity index (χ0n) is 13.8. The molecule has 0 atom stereocenters. The molecule has 4 heteroatoms. The lowest BCUT2D eigenvalue weighted by Gasteiger charge is -2.27. The molecule has 0 radical (unpaired) electrons. The topological polar surface area (TPSA) is 24.1 Å². The Morgan fingerprint density at radius 2 is 2.12 bits per heavy atom. The maximum atomic E-state index is 5.39. The molecule has 0 spiro atoms. The van der Waals surface area contributed by atoms with Crippen molar-refractivity contribution in [3.05, 3.63) is 57.7 Å². The van der Waals surface area contributed by atoms with Crippen LogP contribution in [0.3, 0.4) is 0 Å². The van der Waals surface area contributed by atoms with Gasteiger partial charge in [-0.1, -0.05) is 30.3 Å². The molecule has 0 heterocycles. The zero-order valence-corrected chi connectivity index (χ0v) is 16.8. The fourth-order valence-electron chi connectivity index (χ4n) is 3.16. The van der Waals surface area contributed by atoms with Crippen LogP contribution in [0.5, 0.6) is 0 Å². The normalized spacial score (nSPS) is 14.2. The molecule has 0 aromatic heterocycles. The first kappa shape index (κ1) is 17.7. The first-order valence-electron chi connectivity index (χ1n) is 8.53. The standard InChI is InChI=1S/C20H23IN2S/c1-2-5-17-18(21)11-10-14-6-3-7-15(19(14)17)12-13-22-20(24)23-16-8-4-9-16/h2-3,6-7,10-11,16H,1,4-5,8-9,12-13H2,(H2,22,23,24). The molecule has 0 unspecified atom stereocenters. The molecule has 1 aliphatic rings. The molecule has 2 aromatic carbocycles. The van der Waals surface area contributed by atoms with Gasteiger partial charge in [-0.2, -0.15) is 0 Å². The molecular formula is C20H23IN2S. The van der Waals surface area contributed by atoms with Gasteiger partial charge in [-0.3, -0.25) is 0 Å². The quantitative estimate of drug-likeness (QED) is 0.378. The summed E-state index contributed by atoms with van der Waals surface area (Å²) in [6, 6.07) is 11.6. The van der Waals surface area contributed by atoms with Crippen LogP contribution in [-0.2, 0) is 12.8 Å². The first-order valence-corrected chi connectivity index (χ1v) is 10.0. The minimum Gasteiger partial charge on any atom is -0.362 e. The van der Waals surface area contributed by atoms with Crippen LogP contribution >= 0.6 is 34.8 Å². The average Bonchev–Trinajstić information content (AvgIpc) is 2.54. The van der Waals surface area contributed by atoms with Crippen molar-refractivity contribution in [2.45, 2.75) is 38.1 Å². The maximum Gasteiger partial charge on any atom is 0.166 e. The van der Waals surface area contributed by atoms with E-state index in [0.717, 1.165) is 24.5 Å². The van der Waals surface area contributed by atoms with E-state index in [-0.39, 0.29) is 0 Å². The third-order valence-electron chi connectivity index (χ3n) is 4.65. The van der Waals surface area contributed by atoms with Crippen LogP contribution in [0.15, 0.2) is 43.0 Å². The molecule has 1 aliphatic carbocycles. The Bertz CT molecular complexity index is 753. The third-order valence-corrected chi connectivity index (χ3v) is 5.92. The molecule has 3 rings (SSSR count). The molecule has 2 aromatic rings. The highest BCUT2D eigenvalue weighted by Gasteiger charge is 2.17. The summed E-state index contributed by atoms with van der Waals surface area (Å²) in [5, 5.41) is 10.2. The number of benzene rings is 2. The lowest BCUT2D eigenvalue weighted by atomic mass is 9.93. The van der Waals surface area contributed by atoms with Gasteiger partial charge in [-0.15, -0.1) is 6.58 Å². The van der Waals surface area contributed by atoms with Crippen LogP contribution in [0.4, 0.5) is 0 Å². The van der Waals surface area contributed by atoms with Crippen LogP contribution in [0.2, 0.25) is 0 Å². The van der Waals surface area contributed by atoms with Crippen molar-refractivity contribution in [2.24, 2.45) is 0 Å². The Balaban J connectivity index is 1.72. The van der Waals surface area contributed by atoms with E-state index in [4.69, 9.17) is 12.2 Å². The van der Waals surface area contributed by atoms with Crippen molar-refractivity contribution in [1.29, 1.82) is 0 Å². The third kappa shape index (κ3) is 4.09. The Morgan fingerprint density at radius 3 is 2.83 bits per heavy atom. The molecule has 2 N–H and O–H groups in total. The zero-order chi connectivity index (χ0) is 16.9. The Kier molecular flexibility index (Phi) is 6.11. The molecule has 0 amide bonds. The van der Waals surface area contributed by atoms with Gasteiger partial charge in [0.15, 0.2) is 5.11 Å². The van der Waals surface area contributed by atoms with Crippen molar-refractivity contribution >= 4 is 50.7 Å². The Hall–Kier alpha value is -1.14. The highest BCUT2D eigenvalue weighted by molar-refractivity contribution is 14.1. The van der Waals surface area contributed by atoms with E-state index in [1.807, 2.05) is 6.08 Å². The highest BCUT2D eigenvalue weighted by atomic mass is 127. The van der Waals surface area contributed by atoms with E-state index in [1.165, 1.54) is 44.7 Å². The van der Waals surface area contributed by atoms with Crippen LogP contribution in [0, 0.1) is 3.57 Å². The molecule has 0 saturated heterocycles. The number of thiocarbonyl (C=S) groups is 1. The van der Waals surface area contributed by atoms with Gasteiger partial charge in [0.05, 0.1) is 0 Å². The highest BCUT2D eigenvalue weighted by Crippen LogP contribution is 2.28. The number of fused-ring (bicyclic) bond motifs is 1. The largest absolute Gasteiger partial charge is 0.362 e. The van der Waals surface area contributed by atoms with E-state index < -0.39 is 0 Å². The van der Waals surface area contributed by atoms with Gasteiger partial charge in [0, 0.05) is 16.2 Å². The minimum absolute atomic E-state index is 0.586. The second-order valence-electron chi connectivity index (χ2n) is 6.31. The Morgan fingerprint density at radius 1 is 1.29 bits per heavy atom. The molecule has 2 nitrogen and oxygen atoms in total. The fraction of sp³-hybridized carbons (Fsp3) is 0.350. The number of rotatable bonds is 6. The maximum absolute atomic E-state index is 5.39. The molecule has 24 heavy (non-hydrogen) atoms. The molecule has 0 aliphatic heterocycles. The number of nitrogens with one attached hydrogen (secondary N) is 2. The summed E-state index contributed by atoms with van der Waals surface area (Å²) in [5.41, 5.74) is 2.76. The lowest BCUT2D eigenvalue weighted by Crippen LogP contribution is -2.45. The second kappa shape index (κ2) is 8.30. The van der Waals surface area contributed by atoms with E-state index >= 15 is 0 Å². The monoisotopic (exact) mass is 450 g/mol. The molecule has 0 bridgehead atoms. The summed E-state index contributed by atoms with van der Waals surface area (Å²) in [6.07, 6.45) is 7.67. The van der Waals surface area contributed by atoms with Gasteiger partial charge in [0.25, 0.3) is 0 Å². The Labute approximate surface area is 163 Å². The molecular weight excluding hydrogens is 427 g/mol. The first-order chi connectivity index (χ1) is 11.7. The number of hydrogen-bond donors (Lipinski definition) is 2. The van der Waals surface area contributed by atoms with Crippen LogP contribution in [-0.4, -0.2) is 17.7 Å². The fourth-order valence-corrected chi connectivity index (χ4v) is 4.10. The summed E-state index contributed by atoms with van der Waals surface area (Å²) in [6.45, 7) is 4.78. The summed E-state index contributed by atoms with van der Waals surface area (Å²) in [4.78, 5) is 0. The van der Waals surface area contributed by atoms with Gasteiger partial charge in [0.2, 0.25) is 0 Å². The van der Waals surface area contributed by atoms with E-state index in [0.29, 0.717) is 6.04 Å². The smallest absolute Gasteiger partial charge is 0.166 e. The summed E-state index contributed by atoms with van der Waals surface area (Å²) < 4.78 is 1.31. The van der Waals surface area contributed by atoms with Gasteiger partial charge in [-0.05, 0) is 94.9 Å². The van der Waals surface area contributed by atoms with Gasteiger partial charge >= 0.3 is 0 Å². The van der Waals surface area contributed by atoms with E-state index in [1.54, 1.807) is 0 Å².